The van der Waals surface area contributed by atoms with E-state index in [1.54, 1.807) is 6.07 Å². The van der Waals surface area contributed by atoms with Crippen LogP contribution in [0, 0.1) is 0 Å². The smallest absolute Gasteiger partial charge is 0.244 e. The molecule has 0 radical (unpaired) electrons. The fourth-order valence-electron chi connectivity index (χ4n) is 1.55. The van der Waals surface area contributed by atoms with Crippen LogP contribution in [0.5, 0.6) is 0 Å². The minimum atomic E-state index is -3.58. The van der Waals surface area contributed by atoms with Crippen LogP contribution in [0.3, 0.4) is 0 Å². The largest absolute Gasteiger partial charge is 0.395 e. The minimum absolute atomic E-state index is 0.0921. The van der Waals surface area contributed by atoms with Crippen molar-refractivity contribution in [1.82, 2.24) is 9.29 Å². The molecule has 0 unspecified atom stereocenters. The van der Waals surface area contributed by atoms with E-state index >= 15 is 0 Å². The molecule has 0 fully saturated rings. The molecule has 0 saturated carbocycles. The van der Waals surface area contributed by atoms with Crippen molar-refractivity contribution in [1.29, 1.82) is 0 Å². The van der Waals surface area contributed by atoms with E-state index in [2.05, 4.69) is 4.98 Å². The number of nitrogens with zero attached hydrogens (tertiary/aromatic N) is 2. The zero-order valence-electron chi connectivity index (χ0n) is 10.4. The third-order valence-corrected chi connectivity index (χ3v) is 4.35. The maximum atomic E-state index is 12.3. The summed E-state index contributed by atoms with van der Waals surface area (Å²) < 4.78 is 25.8. The van der Waals surface area contributed by atoms with E-state index in [4.69, 9.17) is 10.8 Å². The van der Waals surface area contributed by atoms with Gasteiger partial charge in [-0.3, -0.25) is 4.98 Å². The van der Waals surface area contributed by atoms with Crippen LogP contribution in [0.25, 0.3) is 0 Å². The van der Waals surface area contributed by atoms with Crippen molar-refractivity contribution in [2.24, 2.45) is 5.73 Å². The van der Waals surface area contributed by atoms with Gasteiger partial charge in [0.05, 0.1) is 12.3 Å². The first-order valence-corrected chi connectivity index (χ1v) is 7.26. The Morgan fingerprint density at radius 3 is 2.56 bits per heavy atom. The van der Waals surface area contributed by atoms with Gasteiger partial charge in [0.15, 0.2) is 0 Å². The van der Waals surface area contributed by atoms with Crippen molar-refractivity contribution in [3.8, 4) is 0 Å². The highest BCUT2D eigenvalue weighted by Gasteiger charge is 2.23. The van der Waals surface area contributed by atoms with Gasteiger partial charge in [-0.15, -0.1) is 0 Å². The third kappa shape index (κ3) is 3.49. The molecule has 1 rings (SSSR count). The van der Waals surface area contributed by atoms with Gasteiger partial charge in [0.25, 0.3) is 0 Å². The monoisotopic (exact) mass is 273 g/mol. The molecule has 1 aromatic heterocycles. The summed E-state index contributed by atoms with van der Waals surface area (Å²) in [5, 5.41) is 8.92. The lowest BCUT2D eigenvalue weighted by Crippen LogP contribution is -2.34. The topological polar surface area (TPSA) is 96.5 Å². The Kier molecular flexibility index (Phi) is 5.67. The average Bonchev–Trinajstić information content (AvgIpc) is 2.38. The molecule has 1 heterocycles. The summed E-state index contributed by atoms with van der Waals surface area (Å²) in [7, 11) is -3.58. The van der Waals surface area contributed by atoms with Crippen LogP contribution < -0.4 is 5.73 Å². The van der Waals surface area contributed by atoms with E-state index in [1.807, 2.05) is 6.92 Å². The molecular weight excluding hydrogens is 254 g/mol. The van der Waals surface area contributed by atoms with Crippen molar-refractivity contribution >= 4 is 10.0 Å². The molecule has 0 saturated heterocycles. The summed E-state index contributed by atoms with van der Waals surface area (Å²) >= 11 is 0. The molecule has 0 aliphatic rings. The van der Waals surface area contributed by atoms with Crippen LogP contribution in [0.2, 0.25) is 0 Å². The van der Waals surface area contributed by atoms with Crippen molar-refractivity contribution < 1.29 is 13.5 Å². The zero-order chi connectivity index (χ0) is 13.6. The first-order chi connectivity index (χ1) is 8.56. The molecule has 102 valence electrons. The Morgan fingerprint density at radius 1 is 1.39 bits per heavy atom. The second-order valence-corrected chi connectivity index (χ2v) is 5.75. The number of nitrogens with two attached hydrogens (primary N) is 1. The maximum absolute atomic E-state index is 12.3. The number of sulfonamides is 1. The molecule has 1 aromatic rings. The Hall–Kier alpha value is -1.02. The molecule has 0 amide bonds. The van der Waals surface area contributed by atoms with Crippen LogP contribution in [0.1, 0.15) is 19.0 Å². The Labute approximate surface area is 107 Å². The number of hydrogen-bond donors (Lipinski definition) is 2. The molecule has 6 nitrogen and oxygen atoms in total. The highest BCUT2D eigenvalue weighted by molar-refractivity contribution is 7.89. The summed E-state index contributed by atoms with van der Waals surface area (Å²) in [6.45, 7) is 2.43. The summed E-state index contributed by atoms with van der Waals surface area (Å²) in [6.07, 6.45) is 1.99. The molecule has 18 heavy (non-hydrogen) atoms. The lowest BCUT2D eigenvalue weighted by molar-refractivity contribution is 0.253. The van der Waals surface area contributed by atoms with E-state index in [0.717, 1.165) is 0 Å². The predicted octanol–water partition coefficient (Wildman–Crippen LogP) is -0.0667. The quantitative estimate of drug-likeness (QED) is 0.725. The average molecular weight is 273 g/mol. The molecule has 7 heteroatoms. The van der Waals surface area contributed by atoms with Crippen LogP contribution in [0.15, 0.2) is 23.2 Å². The van der Waals surface area contributed by atoms with Gasteiger partial charge in [0.1, 0.15) is 4.90 Å². The number of aromatic nitrogens is 1. The van der Waals surface area contributed by atoms with E-state index in [-0.39, 0.29) is 24.6 Å². The van der Waals surface area contributed by atoms with Gasteiger partial charge in [0, 0.05) is 25.8 Å². The highest BCUT2D eigenvalue weighted by atomic mass is 32.2. The van der Waals surface area contributed by atoms with Crippen LogP contribution in [0.4, 0.5) is 0 Å². The summed E-state index contributed by atoms with van der Waals surface area (Å²) in [4.78, 5) is 4.10. The Balaban J connectivity index is 3.01. The number of aliphatic hydroxyl groups is 1. The van der Waals surface area contributed by atoms with E-state index in [1.165, 1.54) is 16.6 Å². The molecule has 0 spiro atoms. The molecule has 3 N–H and O–H groups in total. The Morgan fingerprint density at radius 2 is 2.11 bits per heavy atom. The number of hydrogen-bond acceptors (Lipinski definition) is 5. The van der Waals surface area contributed by atoms with Gasteiger partial charge in [-0.25, -0.2) is 8.42 Å². The molecule has 0 aliphatic carbocycles. The van der Waals surface area contributed by atoms with Gasteiger partial charge in [-0.05, 0) is 18.6 Å². The second kappa shape index (κ2) is 6.79. The fraction of sp³-hybridized carbons (Fsp3) is 0.545. The normalized spacial score (nSPS) is 12.0. The molecule has 0 atom stereocenters. The molecule has 0 aliphatic heterocycles. The number of rotatable bonds is 7. The van der Waals surface area contributed by atoms with Gasteiger partial charge in [-0.1, -0.05) is 6.92 Å². The maximum Gasteiger partial charge on any atom is 0.244 e. The lowest BCUT2D eigenvalue weighted by Gasteiger charge is -2.20. The standard InChI is InChI=1S/C11H19N3O3S/c1-2-5-14(6-7-15)18(16,17)11-4-3-10(8-12)13-9-11/h3-4,9,15H,2,5-8,12H2,1H3. The predicted molar refractivity (Wildman–Crippen MR) is 68.3 cm³/mol. The van der Waals surface area contributed by atoms with Gasteiger partial charge >= 0.3 is 0 Å². The summed E-state index contributed by atoms with van der Waals surface area (Å²) in [5.74, 6) is 0. The minimum Gasteiger partial charge on any atom is -0.395 e. The van der Waals surface area contributed by atoms with Crippen LogP contribution in [-0.2, 0) is 16.6 Å². The van der Waals surface area contributed by atoms with Crippen molar-refractivity contribution in [3.05, 3.63) is 24.0 Å². The third-order valence-electron chi connectivity index (χ3n) is 2.47. The van der Waals surface area contributed by atoms with Gasteiger partial charge < -0.3 is 10.8 Å². The molecule has 0 bridgehead atoms. The first kappa shape index (κ1) is 15.0. The summed E-state index contributed by atoms with van der Waals surface area (Å²) in [5.41, 5.74) is 6.05. The lowest BCUT2D eigenvalue weighted by atomic mass is 10.4. The van der Waals surface area contributed by atoms with Gasteiger partial charge in [0.2, 0.25) is 10.0 Å². The second-order valence-electron chi connectivity index (χ2n) is 3.82. The number of aliphatic hydroxyl groups excluding tert-OH is 1. The van der Waals surface area contributed by atoms with Crippen molar-refractivity contribution in [3.63, 3.8) is 0 Å². The van der Waals surface area contributed by atoms with Crippen molar-refractivity contribution in [2.75, 3.05) is 19.7 Å². The van der Waals surface area contributed by atoms with E-state index in [0.29, 0.717) is 18.7 Å². The number of pyridine rings is 1. The van der Waals surface area contributed by atoms with Crippen molar-refractivity contribution in [2.45, 2.75) is 24.8 Å². The van der Waals surface area contributed by atoms with Crippen LogP contribution >= 0.6 is 0 Å². The first-order valence-electron chi connectivity index (χ1n) is 5.82. The fourth-order valence-corrected chi connectivity index (χ4v) is 3.02. The summed E-state index contributed by atoms with van der Waals surface area (Å²) in [6, 6.07) is 3.08. The van der Waals surface area contributed by atoms with Crippen LogP contribution in [-0.4, -0.2) is 42.5 Å². The van der Waals surface area contributed by atoms with Gasteiger partial charge in [-0.2, -0.15) is 4.31 Å². The molecule has 0 aromatic carbocycles. The SMILES string of the molecule is CCCN(CCO)S(=O)(=O)c1ccc(CN)nc1. The highest BCUT2D eigenvalue weighted by Crippen LogP contribution is 2.15. The van der Waals surface area contributed by atoms with E-state index < -0.39 is 10.0 Å². The molecular formula is C11H19N3O3S. The zero-order valence-corrected chi connectivity index (χ0v) is 11.2. The Bertz CT molecular complexity index is 453. The van der Waals surface area contributed by atoms with E-state index in [9.17, 15) is 8.42 Å².